The maximum Gasteiger partial charge on any atom is 0.348 e. The van der Waals surface area contributed by atoms with E-state index in [0.29, 0.717) is 23.0 Å². The summed E-state index contributed by atoms with van der Waals surface area (Å²) in [6.45, 7) is 7.09. The third-order valence-corrected chi connectivity index (χ3v) is 7.15. The molecule has 1 aromatic heterocycles. The van der Waals surface area contributed by atoms with E-state index in [4.69, 9.17) is 9.47 Å². The number of aromatic nitrogens is 2. The van der Waals surface area contributed by atoms with E-state index in [1.54, 1.807) is 7.11 Å². The second-order valence-corrected chi connectivity index (χ2v) is 9.44. The summed E-state index contributed by atoms with van der Waals surface area (Å²) in [5.41, 5.74) is 3.71. The zero-order chi connectivity index (χ0) is 23.2. The summed E-state index contributed by atoms with van der Waals surface area (Å²) >= 11 is 1.34. The van der Waals surface area contributed by atoms with Crippen LogP contribution in [0.25, 0.3) is 0 Å². The van der Waals surface area contributed by atoms with Gasteiger partial charge in [0.15, 0.2) is 0 Å². The average molecular weight is 473 g/mol. The Bertz CT molecular complexity index is 1050. The Morgan fingerprint density at radius 1 is 1.24 bits per heavy atom. The minimum Gasteiger partial charge on any atom is -0.495 e. The van der Waals surface area contributed by atoms with Gasteiger partial charge in [0.1, 0.15) is 10.8 Å². The Morgan fingerprint density at radius 2 is 2.06 bits per heavy atom. The highest BCUT2D eigenvalue weighted by Gasteiger charge is 2.23. The SMILES string of the molecule is COc1ccc(C)cc1NC(=O)CSc1nc(=O)n(CCCN2CCOCC2)c2c1CCC2. The van der Waals surface area contributed by atoms with Crippen LogP contribution < -0.4 is 15.7 Å². The van der Waals surface area contributed by atoms with Gasteiger partial charge in [0.25, 0.3) is 0 Å². The number of hydrogen-bond donors (Lipinski definition) is 1. The highest BCUT2D eigenvalue weighted by atomic mass is 32.2. The molecule has 178 valence electrons. The van der Waals surface area contributed by atoms with Crippen LogP contribution in [0.5, 0.6) is 5.75 Å². The molecule has 1 N–H and O–H groups in total. The number of carbonyl (C=O) groups is 1. The second kappa shape index (κ2) is 11.2. The fourth-order valence-corrected chi connectivity index (χ4v) is 5.33. The van der Waals surface area contributed by atoms with Gasteiger partial charge in [-0.1, -0.05) is 17.8 Å². The summed E-state index contributed by atoms with van der Waals surface area (Å²) in [7, 11) is 1.58. The van der Waals surface area contributed by atoms with Crippen LogP contribution in [0.4, 0.5) is 5.69 Å². The average Bonchev–Trinajstić information content (AvgIpc) is 3.30. The molecule has 2 aliphatic rings. The third kappa shape index (κ3) is 5.96. The Morgan fingerprint density at radius 3 is 2.85 bits per heavy atom. The molecule has 1 amide bonds. The number of hydrogen-bond acceptors (Lipinski definition) is 7. The monoisotopic (exact) mass is 472 g/mol. The second-order valence-electron chi connectivity index (χ2n) is 8.48. The van der Waals surface area contributed by atoms with Gasteiger partial charge in [-0.05, 0) is 50.3 Å². The summed E-state index contributed by atoms with van der Waals surface area (Å²) in [6, 6.07) is 5.66. The van der Waals surface area contributed by atoms with E-state index >= 15 is 0 Å². The van der Waals surface area contributed by atoms with E-state index < -0.39 is 0 Å². The molecular weight excluding hydrogens is 440 g/mol. The maximum absolute atomic E-state index is 12.8. The van der Waals surface area contributed by atoms with Crippen LogP contribution in [0.1, 0.15) is 29.7 Å². The zero-order valence-corrected chi connectivity index (χ0v) is 20.2. The fourth-order valence-electron chi connectivity index (χ4n) is 4.45. The summed E-state index contributed by atoms with van der Waals surface area (Å²) in [6.07, 6.45) is 3.73. The molecule has 4 rings (SSSR count). The number of anilines is 1. The molecule has 0 saturated carbocycles. The van der Waals surface area contributed by atoms with Gasteiger partial charge in [-0.15, -0.1) is 0 Å². The van der Waals surface area contributed by atoms with Gasteiger partial charge >= 0.3 is 5.69 Å². The van der Waals surface area contributed by atoms with Gasteiger partial charge in [-0.2, -0.15) is 4.98 Å². The van der Waals surface area contributed by atoms with Crippen molar-refractivity contribution in [2.75, 3.05) is 51.0 Å². The smallest absolute Gasteiger partial charge is 0.348 e. The van der Waals surface area contributed by atoms with E-state index in [-0.39, 0.29) is 17.3 Å². The van der Waals surface area contributed by atoms with Crippen molar-refractivity contribution in [2.45, 2.75) is 44.2 Å². The largest absolute Gasteiger partial charge is 0.495 e. The van der Waals surface area contributed by atoms with Gasteiger partial charge in [0.2, 0.25) is 5.91 Å². The Hall–Kier alpha value is -2.36. The van der Waals surface area contributed by atoms with E-state index in [2.05, 4.69) is 15.2 Å². The number of thioether (sulfide) groups is 1. The molecule has 1 fully saturated rings. The summed E-state index contributed by atoms with van der Waals surface area (Å²) in [5, 5.41) is 3.61. The lowest BCUT2D eigenvalue weighted by atomic mass is 10.2. The van der Waals surface area contributed by atoms with Crippen molar-refractivity contribution in [1.82, 2.24) is 14.5 Å². The van der Waals surface area contributed by atoms with Crippen molar-refractivity contribution in [2.24, 2.45) is 0 Å². The molecule has 1 saturated heterocycles. The van der Waals surface area contributed by atoms with Gasteiger partial charge in [-0.25, -0.2) is 4.79 Å². The number of aryl methyl sites for hydroxylation is 1. The van der Waals surface area contributed by atoms with Crippen molar-refractivity contribution in [3.05, 3.63) is 45.5 Å². The van der Waals surface area contributed by atoms with Crippen molar-refractivity contribution in [3.63, 3.8) is 0 Å². The number of fused-ring (bicyclic) bond motifs is 1. The van der Waals surface area contributed by atoms with Gasteiger partial charge in [0, 0.05) is 37.4 Å². The topological polar surface area (TPSA) is 85.7 Å². The predicted octanol–water partition coefficient (Wildman–Crippen LogP) is 2.50. The summed E-state index contributed by atoms with van der Waals surface area (Å²) in [5.74, 6) is 0.668. The number of rotatable bonds is 9. The molecule has 33 heavy (non-hydrogen) atoms. The molecule has 0 atom stereocenters. The highest BCUT2D eigenvalue weighted by Crippen LogP contribution is 2.30. The lowest BCUT2D eigenvalue weighted by Gasteiger charge is -2.26. The number of morpholine rings is 1. The number of benzene rings is 1. The lowest BCUT2D eigenvalue weighted by Crippen LogP contribution is -2.37. The standard InChI is InChI=1S/C24H32N4O4S/c1-17-7-8-21(31-2)19(15-17)25-22(29)16-33-23-18-5-3-6-20(18)28(24(30)26-23)10-4-9-27-11-13-32-14-12-27/h7-8,15H,3-6,9-14,16H2,1-2H3,(H,25,29). The number of nitrogens with one attached hydrogen (secondary N) is 1. The molecule has 0 radical (unpaired) electrons. The van der Waals surface area contributed by atoms with Crippen LogP contribution in [0, 0.1) is 6.92 Å². The van der Waals surface area contributed by atoms with Crippen LogP contribution in [0.2, 0.25) is 0 Å². The maximum atomic E-state index is 12.8. The molecule has 0 unspecified atom stereocenters. The first-order valence-corrected chi connectivity index (χ1v) is 12.5. The molecule has 0 bridgehead atoms. The lowest BCUT2D eigenvalue weighted by molar-refractivity contribution is -0.113. The minimum atomic E-state index is -0.208. The van der Waals surface area contributed by atoms with Gasteiger partial charge < -0.3 is 14.8 Å². The summed E-state index contributed by atoms with van der Waals surface area (Å²) < 4.78 is 12.6. The quantitative estimate of drug-likeness (QED) is 0.443. The molecule has 1 aromatic carbocycles. The molecule has 9 heteroatoms. The first-order chi connectivity index (χ1) is 16.0. The zero-order valence-electron chi connectivity index (χ0n) is 19.4. The van der Waals surface area contributed by atoms with Crippen LogP contribution in [0.3, 0.4) is 0 Å². The minimum absolute atomic E-state index is 0.146. The molecule has 1 aliphatic carbocycles. The van der Waals surface area contributed by atoms with Crippen LogP contribution in [-0.2, 0) is 28.9 Å². The number of carbonyl (C=O) groups excluding carboxylic acids is 1. The molecule has 2 aromatic rings. The molecule has 2 heterocycles. The van der Waals surface area contributed by atoms with Crippen LogP contribution >= 0.6 is 11.8 Å². The molecule has 1 aliphatic heterocycles. The van der Waals surface area contributed by atoms with Gasteiger partial charge in [0.05, 0.1) is 31.8 Å². The predicted molar refractivity (Wildman–Crippen MR) is 129 cm³/mol. The summed E-state index contributed by atoms with van der Waals surface area (Å²) in [4.78, 5) is 32.2. The van der Waals surface area contributed by atoms with E-state index in [1.165, 1.54) is 11.8 Å². The Balaban J connectivity index is 1.39. The van der Waals surface area contributed by atoms with E-state index in [0.717, 1.165) is 75.4 Å². The molecule has 0 spiro atoms. The van der Waals surface area contributed by atoms with Crippen molar-refractivity contribution in [1.29, 1.82) is 0 Å². The van der Waals surface area contributed by atoms with Crippen molar-refractivity contribution in [3.8, 4) is 5.75 Å². The van der Waals surface area contributed by atoms with Crippen molar-refractivity contribution >= 4 is 23.4 Å². The first-order valence-electron chi connectivity index (χ1n) is 11.5. The number of methoxy groups -OCH3 is 1. The van der Waals surface area contributed by atoms with Crippen LogP contribution in [-0.4, -0.2) is 66.1 Å². The normalized spacial score (nSPS) is 15.9. The molecule has 8 nitrogen and oxygen atoms in total. The third-order valence-electron chi connectivity index (χ3n) is 6.13. The Labute approximate surface area is 198 Å². The highest BCUT2D eigenvalue weighted by molar-refractivity contribution is 8.00. The number of ether oxygens (including phenoxy) is 2. The van der Waals surface area contributed by atoms with E-state index in [1.807, 2.05) is 29.7 Å². The Kier molecular flexibility index (Phi) is 8.06. The molecular formula is C24H32N4O4S. The van der Waals surface area contributed by atoms with Gasteiger partial charge in [-0.3, -0.25) is 14.3 Å². The van der Waals surface area contributed by atoms with Crippen molar-refractivity contribution < 1.29 is 14.3 Å². The van der Waals surface area contributed by atoms with Crippen LogP contribution in [0.15, 0.2) is 28.0 Å². The fraction of sp³-hybridized carbons (Fsp3) is 0.542. The first kappa shape index (κ1) is 23.8. The van der Waals surface area contributed by atoms with E-state index in [9.17, 15) is 9.59 Å². The number of nitrogens with zero attached hydrogens (tertiary/aromatic N) is 3. The number of amides is 1.